The summed E-state index contributed by atoms with van der Waals surface area (Å²) in [6, 6.07) is 9.09. The summed E-state index contributed by atoms with van der Waals surface area (Å²) in [6.45, 7) is 1.17. The summed E-state index contributed by atoms with van der Waals surface area (Å²) in [7, 11) is 0. The maximum absolute atomic E-state index is 12.3. The van der Waals surface area contributed by atoms with Gasteiger partial charge in [-0.2, -0.15) is 4.98 Å². The Labute approximate surface area is 147 Å². The lowest BCUT2D eigenvalue weighted by Crippen LogP contribution is -2.23. The summed E-state index contributed by atoms with van der Waals surface area (Å²) in [5.74, 6) is 1.96. The normalized spacial score (nSPS) is 12.8. The van der Waals surface area contributed by atoms with Gasteiger partial charge in [0.05, 0.1) is 6.54 Å². The van der Waals surface area contributed by atoms with E-state index in [9.17, 15) is 4.79 Å². The fourth-order valence-corrected chi connectivity index (χ4v) is 3.15. The summed E-state index contributed by atoms with van der Waals surface area (Å²) in [6.07, 6.45) is 0.622. The molecule has 0 unspecified atom stereocenters. The van der Waals surface area contributed by atoms with Crippen molar-refractivity contribution in [1.29, 1.82) is 0 Å². The van der Waals surface area contributed by atoms with Gasteiger partial charge in [0.15, 0.2) is 17.3 Å². The van der Waals surface area contributed by atoms with Crippen molar-refractivity contribution in [1.82, 2.24) is 15.5 Å². The molecule has 0 saturated carbocycles. The van der Waals surface area contributed by atoms with Gasteiger partial charge in [0.25, 0.3) is 5.91 Å². The van der Waals surface area contributed by atoms with Crippen LogP contribution in [0.3, 0.4) is 0 Å². The van der Waals surface area contributed by atoms with Crippen molar-refractivity contribution in [2.24, 2.45) is 0 Å². The van der Waals surface area contributed by atoms with E-state index in [2.05, 4.69) is 15.5 Å². The summed E-state index contributed by atoms with van der Waals surface area (Å²) in [5.41, 5.74) is 0.488. The summed E-state index contributed by atoms with van der Waals surface area (Å²) >= 11 is 1.64. The molecule has 4 rings (SSSR count). The number of carbonyl (C=O) groups excluding carboxylic acids is 1. The van der Waals surface area contributed by atoms with Crippen LogP contribution < -0.4 is 14.8 Å². The highest BCUT2D eigenvalue weighted by molar-refractivity contribution is 7.09. The van der Waals surface area contributed by atoms with Crippen molar-refractivity contribution >= 4 is 17.2 Å². The zero-order valence-corrected chi connectivity index (χ0v) is 14.0. The largest absolute Gasteiger partial charge is 0.486 e. The van der Waals surface area contributed by atoms with Crippen LogP contribution in [0.15, 0.2) is 40.2 Å². The van der Waals surface area contributed by atoms with Gasteiger partial charge in [0.1, 0.15) is 13.2 Å². The molecule has 0 aliphatic carbocycles. The fourth-order valence-electron chi connectivity index (χ4n) is 2.45. The Morgan fingerprint density at radius 1 is 1.20 bits per heavy atom. The first-order valence-electron chi connectivity index (χ1n) is 7.79. The molecular formula is C17H15N3O4S. The first kappa shape index (κ1) is 15.6. The molecule has 7 nitrogen and oxygen atoms in total. The third-order valence-corrected chi connectivity index (χ3v) is 4.50. The zero-order chi connectivity index (χ0) is 17.1. The third-order valence-electron chi connectivity index (χ3n) is 3.63. The van der Waals surface area contributed by atoms with E-state index in [-0.39, 0.29) is 12.5 Å². The van der Waals surface area contributed by atoms with E-state index >= 15 is 0 Å². The molecule has 0 radical (unpaired) electrons. The van der Waals surface area contributed by atoms with E-state index in [1.807, 2.05) is 17.5 Å². The minimum absolute atomic E-state index is 0.171. The van der Waals surface area contributed by atoms with Crippen molar-refractivity contribution in [2.45, 2.75) is 13.0 Å². The van der Waals surface area contributed by atoms with Gasteiger partial charge in [-0.3, -0.25) is 4.79 Å². The van der Waals surface area contributed by atoms with Crippen molar-refractivity contribution in [3.63, 3.8) is 0 Å². The van der Waals surface area contributed by atoms with Crippen LogP contribution in [0.5, 0.6) is 11.5 Å². The van der Waals surface area contributed by atoms with Gasteiger partial charge in [-0.25, -0.2) is 0 Å². The molecule has 3 aromatic rings. The van der Waals surface area contributed by atoms with Gasteiger partial charge >= 0.3 is 0 Å². The summed E-state index contributed by atoms with van der Waals surface area (Å²) < 4.78 is 16.1. The monoisotopic (exact) mass is 357 g/mol. The smallest absolute Gasteiger partial charge is 0.251 e. The molecule has 1 amide bonds. The molecule has 1 N–H and O–H groups in total. The quantitative estimate of drug-likeness (QED) is 0.755. The van der Waals surface area contributed by atoms with Crippen LogP contribution in [0.4, 0.5) is 0 Å². The van der Waals surface area contributed by atoms with Crippen molar-refractivity contribution < 1.29 is 18.8 Å². The Morgan fingerprint density at radius 3 is 2.92 bits per heavy atom. The van der Waals surface area contributed by atoms with Crippen LogP contribution in [-0.2, 0) is 13.0 Å². The maximum atomic E-state index is 12.3. The number of nitrogens with zero attached hydrogens (tertiary/aromatic N) is 2. The lowest BCUT2D eigenvalue weighted by atomic mass is 10.2. The topological polar surface area (TPSA) is 86.5 Å². The van der Waals surface area contributed by atoms with Gasteiger partial charge in [-0.15, -0.1) is 11.3 Å². The molecule has 1 aliphatic heterocycles. The van der Waals surface area contributed by atoms with Gasteiger partial charge in [0, 0.05) is 16.9 Å². The summed E-state index contributed by atoms with van der Waals surface area (Å²) in [5, 5.41) is 8.70. The highest BCUT2D eigenvalue weighted by Crippen LogP contribution is 2.30. The van der Waals surface area contributed by atoms with Crippen LogP contribution in [-0.4, -0.2) is 29.3 Å². The zero-order valence-electron chi connectivity index (χ0n) is 13.2. The molecule has 25 heavy (non-hydrogen) atoms. The average molecular weight is 357 g/mol. The Bertz CT molecular complexity index is 876. The molecule has 3 heterocycles. The number of benzene rings is 1. The molecule has 0 spiro atoms. The van der Waals surface area contributed by atoms with Gasteiger partial charge in [-0.1, -0.05) is 11.2 Å². The van der Waals surface area contributed by atoms with E-state index in [4.69, 9.17) is 14.0 Å². The molecule has 2 aromatic heterocycles. The predicted molar refractivity (Wildman–Crippen MR) is 90.0 cm³/mol. The molecule has 0 bridgehead atoms. The first-order valence-corrected chi connectivity index (χ1v) is 8.67. The standard InChI is InChI=1S/C17H15N3O4S/c21-17(11-3-4-13-14(8-11)23-6-5-22-13)18-10-16-19-15(20-24-16)9-12-2-1-7-25-12/h1-4,7-8H,5-6,9-10H2,(H,18,21). The Kier molecular flexibility index (Phi) is 4.34. The third kappa shape index (κ3) is 3.63. The number of hydrogen-bond acceptors (Lipinski definition) is 7. The molecule has 0 saturated heterocycles. The number of fused-ring (bicyclic) bond motifs is 1. The van der Waals surface area contributed by atoms with Crippen LogP contribution in [0.25, 0.3) is 0 Å². The molecule has 1 aliphatic rings. The fraction of sp³-hybridized carbons (Fsp3) is 0.235. The number of hydrogen-bond donors (Lipinski definition) is 1. The molecule has 0 atom stereocenters. The minimum atomic E-state index is -0.241. The minimum Gasteiger partial charge on any atom is -0.486 e. The average Bonchev–Trinajstić information content (AvgIpc) is 3.32. The van der Waals surface area contributed by atoms with Gasteiger partial charge in [0.2, 0.25) is 5.89 Å². The number of ether oxygens (including phenoxy) is 2. The van der Waals surface area contributed by atoms with Crippen LogP contribution in [0.1, 0.15) is 27.0 Å². The number of rotatable bonds is 5. The Hall–Kier alpha value is -2.87. The maximum Gasteiger partial charge on any atom is 0.251 e. The first-order chi connectivity index (χ1) is 12.3. The van der Waals surface area contributed by atoms with Crippen LogP contribution in [0, 0.1) is 0 Å². The lowest BCUT2D eigenvalue weighted by molar-refractivity contribution is 0.0945. The second-order valence-electron chi connectivity index (χ2n) is 5.40. The van der Waals surface area contributed by atoms with E-state index in [0.717, 1.165) is 4.88 Å². The Morgan fingerprint density at radius 2 is 2.08 bits per heavy atom. The molecule has 128 valence electrons. The van der Waals surface area contributed by atoms with Crippen molar-refractivity contribution in [2.75, 3.05) is 13.2 Å². The van der Waals surface area contributed by atoms with Crippen molar-refractivity contribution in [3.8, 4) is 11.5 Å². The van der Waals surface area contributed by atoms with Crippen molar-refractivity contribution in [3.05, 3.63) is 57.9 Å². The van der Waals surface area contributed by atoms with E-state index < -0.39 is 0 Å². The number of amides is 1. The SMILES string of the molecule is O=C(NCc1nc(Cc2cccs2)no1)c1ccc2c(c1)OCCO2. The van der Waals surface area contributed by atoms with Gasteiger partial charge in [-0.05, 0) is 29.6 Å². The molecule has 0 fully saturated rings. The number of carbonyl (C=O) groups is 1. The number of aromatic nitrogens is 2. The highest BCUT2D eigenvalue weighted by atomic mass is 32.1. The second kappa shape index (κ2) is 6.94. The van der Waals surface area contributed by atoms with Crippen LogP contribution in [0.2, 0.25) is 0 Å². The van der Waals surface area contributed by atoms with E-state index in [1.165, 1.54) is 0 Å². The number of thiophene rings is 1. The van der Waals surface area contributed by atoms with Crippen LogP contribution >= 0.6 is 11.3 Å². The lowest BCUT2D eigenvalue weighted by Gasteiger charge is -2.18. The van der Waals surface area contributed by atoms with E-state index in [0.29, 0.717) is 48.4 Å². The van der Waals surface area contributed by atoms with E-state index in [1.54, 1.807) is 29.5 Å². The second-order valence-corrected chi connectivity index (χ2v) is 6.43. The number of nitrogens with one attached hydrogen (secondary N) is 1. The van der Waals surface area contributed by atoms with Gasteiger partial charge < -0.3 is 19.3 Å². The Balaban J connectivity index is 1.36. The molecule has 8 heteroatoms. The highest BCUT2D eigenvalue weighted by Gasteiger charge is 2.15. The molecular weight excluding hydrogens is 342 g/mol. The summed E-state index contributed by atoms with van der Waals surface area (Å²) in [4.78, 5) is 17.7. The predicted octanol–water partition coefficient (Wildman–Crippen LogP) is 2.42. The molecule has 1 aromatic carbocycles.